The summed E-state index contributed by atoms with van der Waals surface area (Å²) in [6.07, 6.45) is 0. The predicted molar refractivity (Wildman–Crippen MR) is 74.4 cm³/mol. The maximum Gasteiger partial charge on any atom is 0.259 e. The monoisotopic (exact) mass is 249 g/mol. The quantitative estimate of drug-likeness (QED) is 0.710. The minimum atomic E-state index is -0.354. The molecule has 0 amide bonds. The van der Waals surface area contributed by atoms with Crippen LogP contribution in [0.4, 0.5) is 0 Å². The number of carbonyl (C=O) groups is 1. The molecule has 19 heavy (non-hydrogen) atoms. The summed E-state index contributed by atoms with van der Waals surface area (Å²) >= 11 is 0. The normalized spacial score (nSPS) is 10.5. The van der Waals surface area contributed by atoms with Gasteiger partial charge in [-0.2, -0.15) is 0 Å². The number of H-pyrrole nitrogens is 1. The van der Waals surface area contributed by atoms with E-state index in [0.717, 1.165) is 10.9 Å². The van der Waals surface area contributed by atoms with Gasteiger partial charge in [0.05, 0.1) is 5.56 Å². The van der Waals surface area contributed by atoms with Crippen molar-refractivity contribution in [3.8, 4) is 0 Å². The molecule has 0 aliphatic heterocycles. The van der Waals surface area contributed by atoms with E-state index in [4.69, 9.17) is 0 Å². The van der Waals surface area contributed by atoms with Crippen molar-refractivity contribution in [2.24, 2.45) is 0 Å². The summed E-state index contributed by atoms with van der Waals surface area (Å²) in [5.41, 5.74) is 1.07. The highest BCUT2D eigenvalue weighted by Gasteiger charge is 2.13. The van der Waals surface area contributed by atoms with E-state index in [1.165, 1.54) is 0 Å². The van der Waals surface area contributed by atoms with Crippen LogP contribution in [0.2, 0.25) is 0 Å². The van der Waals surface area contributed by atoms with Gasteiger partial charge in [0.25, 0.3) is 5.56 Å². The van der Waals surface area contributed by atoms with E-state index in [1.54, 1.807) is 30.3 Å². The lowest BCUT2D eigenvalue weighted by Gasteiger charge is -2.02. The van der Waals surface area contributed by atoms with Crippen molar-refractivity contribution in [3.05, 3.63) is 82.1 Å². The molecule has 0 unspecified atom stereocenters. The molecular weight excluding hydrogens is 238 g/mol. The Labute approximate surface area is 109 Å². The summed E-state index contributed by atoms with van der Waals surface area (Å²) in [7, 11) is 0. The van der Waals surface area contributed by atoms with E-state index in [9.17, 15) is 9.59 Å². The van der Waals surface area contributed by atoms with Crippen molar-refractivity contribution < 1.29 is 4.79 Å². The molecule has 1 heterocycles. The van der Waals surface area contributed by atoms with Gasteiger partial charge in [0.2, 0.25) is 0 Å². The summed E-state index contributed by atoms with van der Waals surface area (Å²) < 4.78 is 0. The highest BCUT2D eigenvalue weighted by molar-refractivity contribution is 6.10. The Balaban J connectivity index is 2.18. The summed E-state index contributed by atoms with van der Waals surface area (Å²) in [6.45, 7) is 0. The first-order valence-electron chi connectivity index (χ1n) is 5.97. The maximum absolute atomic E-state index is 12.3. The molecule has 3 rings (SSSR count). The smallest absolute Gasteiger partial charge is 0.259 e. The zero-order valence-corrected chi connectivity index (χ0v) is 10.1. The van der Waals surface area contributed by atoms with Gasteiger partial charge in [-0.3, -0.25) is 9.59 Å². The van der Waals surface area contributed by atoms with Crippen LogP contribution in [0.3, 0.4) is 0 Å². The number of pyridine rings is 1. The van der Waals surface area contributed by atoms with Crippen molar-refractivity contribution in [1.82, 2.24) is 4.98 Å². The summed E-state index contributed by atoms with van der Waals surface area (Å²) in [4.78, 5) is 27.0. The van der Waals surface area contributed by atoms with Crippen molar-refractivity contribution in [2.75, 3.05) is 0 Å². The second-order valence-electron chi connectivity index (χ2n) is 4.29. The molecule has 3 heteroatoms. The van der Waals surface area contributed by atoms with Gasteiger partial charge in [-0.1, -0.05) is 48.5 Å². The first-order chi connectivity index (χ1) is 9.25. The number of benzene rings is 2. The van der Waals surface area contributed by atoms with Gasteiger partial charge in [-0.05, 0) is 17.5 Å². The number of para-hydroxylation sites is 1. The number of ketones is 1. The average Bonchev–Trinajstić information content (AvgIpc) is 2.47. The summed E-state index contributed by atoms with van der Waals surface area (Å²) in [6, 6.07) is 17.8. The highest BCUT2D eigenvalue weighted by atomic mass is 16.1. The van der Waals surface area contributed by atoms with Gasteiger partial charge in [0.15, 0.2) is 5.78 Å². The van der Waals surface area contributed by atoms with E-state index in [2.05, 4.69) is 4.98 Å². The van der Waals surface area contributed by atoms with Crippen molar-refractivity contribution in [3.63, 3.8) is 0 Å². The third-order valence-corrected chi connectivity index (χ3v) is 3.03. The van der Waals surface area contributed by atoms with Crippen LogP contribution in [0.5, 0.6) is 0 Å². The van der Waals surface area contributed by atoms with Gasteiger partial charge in [-0.25, -0.2) is 0 Å². The zero-order chi connectivity index (χ0) is 13.2. The molecule has 3 aromatic rings. The maximum atomic E-state index is 12.3. The Morgan fingerprint density at radius 1 is 0.895 bits per heavy atom. The lowest BCUT2D eigenvalue weighted by atomic mass is 10.0. The molecule has 0 atom stereocenters. The molecule has 92 valence electrons. The Morgan fingerprint density at radius 2 is 1.58 bits per heavy atom. The highest BCUT2D eigenvalue weighted by Crippen LogP contribution is 2.13. The Bertz CT molecular complexity index is 804. The molecule has 0 bridgehead atoms. The number of nitrogens with one attached hydrogen (secondary N) is 1. The SMILES string of the molecule is O=C(c1ccccc1)c1cc2ccccc2[nH]c1=O. The van der Waals surface area contributed by atoms with Gasteiger partial charge in [-0.15, -0.1) is 0 Å². The molecule has 0 saturated heterocycles. The van der Waals surface area contributed by atoms with E-state index >= 15 is 0 Å². The van der Waals surface area contributed by atoms with Crippen LogP contribution >= 0.6 is 0 Å². The van der Waals surface area contributed by atoms with E-state index in [1.807, 2.05) is 30.3 Å². The predicted octanol–water partition coefficient (Wildman–Crippen LogP) is 2.76. The van der Waals surface area contributed by atoms with Gasteiger partial charge in [0.1, 0.15) is 0 Å². The van der Waals surface area contributed by atoms with Crippen LogP contribution in [0.1, 0.15) is 15.9 Å². The van der Waals surface area contributed by atoms with Crippen LogP contribution in [0.25, 0.3) is 10.9 Å². The van der Waals surface area contributed by atoms with Crippen LogP contribution in [-0.4, -0.2) is 10.8 Å². The Hall–Kier alpha value is -2.68. The second kappa shape index (κ2) is 4.53. The first kappa shape index (κ1) is 11.4. The number of carbonyl (C=O) groups excluding carboxylic acids is 1. The average molecular weight is 249 g/mol. The minimum absolute atomic E-state index is 0.171. The number of hydrogen-bond acceptors (Lipinski definition) is 2. The molecule has 1 N–H and O–H groups in total. The standard InChI is InChI=1S/C16H11NO2/c18-15(11-6-2-1-3-7-11)13-10-12-8-4-5-9-14(12)17-16(13)19/h1-10H,(H,17,19). The molecule has 0 saturated carbocycles. The summed E-state index contributed by atoms with van der Waals surface area (Å²) in [5.74, 6) is -0.257. The minimum Gasteiger partial charge on any atom is -0.321 e. The number of aromatic nitrogens is 1. The molecule has 0 radical (unpaired) electrons. The van der Waals surface area contributed by atoms with E-state index in [-0.39, 0.29) is 16.9 Å². The molecule has 3 nitrogen and oxygen atoms in total. The van der Waals surface area contributed by atoms with Crippen LogP contribution in [0, 0.1) is 0 Å². The zero-order valence-electron chi connectivity index (χ0n) is 10.1. The van der Waals surface area contributed by atoms with Crippen LogP contribution in [0.15, 0.2) is 65.5 Å². The molecule has 0 spiro atoms. The topological polar surface area (TPSA) is 49.9 Å². The van der Waals surface area contributed by atoms with Crippen molar-refractivity contribution >= 4 is 16.7 Å². The third kappa shape index (κ3) is 2.06. The third-order valence-electron chi connectivity index (χ3n) is 3.03. The number of hydrogen-bond donors (Lipinski definition) is 1. The second-order valence-corrected chi connectivity index (χ2v) is 4.29. The fraction of sp³-hybridized carbons (Fsp3) is 0. The largest absolute Gasteiger partial charge is 0.321 e. The molecule has 0 aliphatic rings. The fourth-order valence-electron chi connectivity index (χ4n) is 2.06. The molecule has 0 fully saturated rings. The Morgan fingerprint density at radius 3 is 2.37 bits per heavy atom. The lowest BCUT2D eigenvalue weighted by Crippen LogP contribution is -2.18. The molecular formula is C16H11NO2. The first-order valence-corrected chi connectivity index (χ1v) is 5.97. The van der Waals surface area contributed by atoms with Crippen LogP contribution in [-0.2, 0) is 0 Å². The van der Waals surface area contributed by atoms with Gasteiger partial charge >= 0.3 is 0 Å². The molecule has 2 aromatic carbocycles. The molecule has 0 aliphatic carbocycles. The van der Waals surface area contributed by atoms with Crippen LogP contribution < -0.4 is 5.56 Å². The summed E-state index contributed by atoms with van der Waals surface area (Å²) in [5, 5.41) is 0.849. The number of rotatable bonds is 2. The van der Waals surface area contributed by atoms with E-state index in [0.29, 0.717) is 5.56 Å². The lowest BCUT2D eigenvalue weighted by molar-refractivity contribution is 0.103. The Kier molecular flexibility index (Phi) is 2.72. The fourth-order valence-corrected chi connectivity index (χ4v) is 2.06. The number of aromatic amines is 1. The van der Waals surface area contributed by atoms with E-state index < -0.39 is 0 Å². The van der Waals surface area contributed by atoms with Gasteiger partial charge in [0, 0.05) is 11.1 Å². The van der Waals surface area contributed by atoms with Gasteiger partial charge < -0.3 is 4.98 Å². The number of fused-ring (bicyclic) bond motifs is 1. The van der Waals surface area contributed by atoms with Crippen molar-refractivity contribution in [2.45, 2.75) is 0 Å². The molecule has 1 aromatic heterocycles. The van der Waals surface area contributed by atoms with Crippen molar-refractivity contribution in [1.29, 1.82) is 0 Å².